The molecule has 0 rings (SSSR count). The predicted molar refractivity (Wildman–Crippen MR) is 73.9 cm³/mol. The minimum atomic E-state index is 0.238. The van der Waals surface area contributed by atoms with Crippen molar-refractivity contribution in [3.05, 3.63) is 0 Å². The number of hydrogen-bond donors (Lipinski definition) is 1. The molecule has 0 heterocycles. The van der Waals surface area contributed by atoms with Gasteiger partial charge in [0.2, 0.25) is 0 Å². The molecule has 98 valence electrons. The third-order valence-electron chi connectivity index (χ3n) is 4.11. The Morgan fingerprint density at radius 1 is 1.12 bits per heavy atom. The van der Waals surface area contributed by atoms with Crippen LogP contribution in [-0.2, 0) is 0 Å². The Hall–Kier alpha value is -0.0800. The van der Waals surface area contributed by atoms with Crippen LogP contribution < -0.4 is 5.32 Å². The fraction of sp³-hybridized carbons (Fsp3) is 1.00. The Balaban J connectivity index is 4.64. The summed E-state index contributed by atoms with van der Waals surface area (Å²) < 4.78 is 0. The average molecular weight is 228 g/mol. The summed E-state index contributed by atoms with van der Waals surface area (Å²) in [4.78, 5) is 2.55. The molecule has 0 amide bonds. The fourth-order valence-electron chi connectivity index (χ4n) is 2.59. The van der Waals surface area contributed by atoms with Crippen LogP contribution in [0.25, 0.3) is 0 Å². The Bertz CT molecular complexity index is 174. The zero-order valence-corrected chi connectivity index (χ0v) is 12.4. The SMILES string of the molecule is CCC(C)CC(NC)C(C)(C)N(CC)CC. The van der Waals surface area contributed by atoms with Gasteiger partial charge < -0.3 is 5.32 Å². The Morgan fingerprint density at radius 3 is 1.94 bits per heavy atom. The molecule has 0 fully saturated rings. The van der Waals surface area contributed by atoms with Crippen molar-refractivity contribution in [1.29, 1.82) is 0 Å². The number of hydrogen-bond acceptors (Lipinski definition) is 2. The monoisotopic (exact) mass is 228 g/mol. The van der Waals surface area contributed by atoms with E-state index in [9.17, 15) is 0 Å². The normalized spacial score (nSPS) is 16.5. The van der Waals surface area contributed by atoms with Crippen LogP contribution in [0.3, 0.4) is 0 Å². The van der Waals surface area contributed by atoms with E-state index in [0.717, 1.165) is 19.0 Å². The molecule has 0 bridgehead atoms. The molecule has 16 heavy (non-hydrogen) atoms. The lowest BCUT2D eigenvalue weighted by Gasteiger charge is -2.44. The molecule has 0 aromatic carbocycles. The highest BCUT2D eigenvalue weighted by atomic mass is 15.2. The van der Waals surface area contributed by atoms with E-state index in [-0.39, 0.29) is 5.54 Å². The largest absolute Gasteiger partial charge is 0.315 e. The van der Waals surface area contributed by atoms with E-state index in [1.54, 1.807) is 0 Å². The zero-order valence-electron chi connectivity index (χ0n) is 12.4. The van der Waals surface area contributed by atoms with E-state index in [2.05, 4.69) is 58.8 Å². The molecule has 2 nitrogen and oxygen atoms in total. The van der Waals surface area contributed by atoms with Crippen molar-refractivity contribution in [1.82, 2.24) is 10.2 Å². The first-order valence-electron chi connectivity index (χ1n) is 6.86. The zero-order chi connectivity index (χ0) is 12.8. The Labute approximate surface area is 103 Å². The average Bonchev–Trinajstić information content (AvgIpc) is 2.26. The highest BCUT2D eigenvalue weighted by Gasteiger charge is 2.33. The summed E-state index contributed by atoms with van der Waals surface area (Å²) in [5, 5.41) is 3.51. The van der Waals surface area contributed by atoms with E-state index in [4.69, 9.17) is 0 Å². The fourth-order valence-corrected chi connectivity index (χ4v) is 2.59. The van der Waals surface area contributed by atoms with E-state index in [0.29, 0.717) is 6.04 Å². The number of likely N-dealkylation sites (N-methyl/N-ethyl adjacent to an activating group) is 2. The van der Waals surface area contributed by atoms with E-state index in [1.165, 1.54) is 12.8 Å². The minimum absolute atomic E-state index is 0.238. The van der Waals surface area contributed by atoms with Gasteiger partial charge in [-0.15, -0.1) is 0 Å². The maximum atomic E-state index is 3.51. The van der Waals surface area contributed by atoms with Crippen LogP contribution >= 0.6 is 0 Å². The van der Waals surface area contributed by atoms with Gasteiger partial charge in [0.25, 0.3) is 0 Å². The summed E-state index contributed by atoms with van der Waals surface area (Å²) in [5.41, 5.74) is 0.238. The first-order valence-corrected chi connectivity index (χ1v) is 6.86. The predicted octanol–water partition coefficient (Wildman–Crippen LogP) is 3.13. The van der Waals surface area contributed by atoms with Gasteiger partial charge in [-0.25, -0.2) is 0 Å². The second-order valence-electron chi connectivity index (χ2n) is 5.42. The summed E-state index contributed by atoms with van der Waals surface area (Å²) in [7, 11) is 2.10. The Morgan fingerprint density at radius 2 is 1.62 bits per heavy atom. The van der Waals surface area contributed by atoms with E-state index in [1.807, 2.05) is 0 Å². The molecule has 0 spiro atoms. The number of nitrogens with zero attached hydrogens (tertiary/aromatic N) is 1. The van der Waals surface area contributed by atoms with Crippen LogP contribution in [0.1, 0.15) is 54.4 Å². The molecular weight excluding hydrogens is 196 g/mol. The molecule has 0 saturated heterocycles. The molecule has 2 atom stereocenters. The van der Waals surface area contributed by atoms with Gasteiger partial charge in [-0.05, 0) is 46.3 Å². The summed E-state index contributed by atoms with van der Waals surface area (Å²) in [6.45, 7) is 16.1. The minimum Gasteiger partial charge on any atom is -0.315 e. The van der Waals surface area contributed by atoms with Gasteiger partial charge in [-0.3, -0.25) is 4.90 Å². The van der Waals surface area contributed by atoms with Gasteiger partial charge in [0.05, 0.1) is 0 Å². The topological polar surface area (TPSA) is 15.3 Å². The molecular formula is C14H32N2. The second kappa shape index (κ2) is 7.29. The molecule has 0 aliphatic carbocycles. The second-order valence-corrected chi connectivity index (χ2v) is 5.42. The maximum Gasteiger partial charge on any atom is 0.0305 e. The van der Waals surface area contributed by atoms with Crippen molar-refractivity contribution < 1.29 is 0 Å². The molecule has 1 N–H and O–H groups in total. The third kappa shape index (κ3) is 4.06. The first-order chi connectivity index (χ1) is 7.43. The molecule has 2 heteroatoms. The molecule has 2 unspecified atom stereocenters. The molecule has 0 radical (unpaired) electrons. The van der Waals surface area contributed by atoms with Gasteiger partial charge in [-0.2, -0.15) is 0 Å². The highest BCUT2D eigenvalue weighted by molar-refractivity contribution is 4.93. The van der Waals surface area contributed by atoms with Crippen molar-refractivity contribution in [3.8, 4) is 0 Å². The number of nitrogens with one attached hydrogen (secondary N) is 1. The molecule has 0 aliphatic heterocycles. The molecule has 0 aliphatic rings. The van der Waals surface area contributed by atoms with E-state index < -0.39 is 0 Å². The van der Waals surface area contributed by atoms with Crippen LogP contribution in [0.4, 0.5) is 0 Å². The standard InChI is InChI=1S/C14H32N2/c1-8-12(4)11-13(15-7)14(5,6)16(9-2)10-3/h12-13,15H,8-11H2,1-7H3. The lowest BCUT2D eigenvalue weighted by molar-refractivity contribution is 0.0840. The van der Waals surface area contributed by atoms with Crippen LogP contribution in [0.2, 0.25) is 0 Å². The molecule has 0 aromatic heterocycles. The van der Waals surface area contributed by atoms with Gasteiger partial charge >= 0.3 is 0 Å². The van der Waals surface area contributed by atoms with Crippen LogP contribution in [0.5, 0.6) is 0 Å². The van der Waals surface area contributed by atoms with Crippen LogP contribution in [0, 0.1) is 5.92 Å². The maximum absolute atomic E-state index is 3.51. The smallest absolute Gasteiger partial charge is 0.0305 e. The van der Waals surface area contributed by atoms with Crippen LogP contribution in [0.15, 0.2) is 0 Å². The molecule has 0 saturated carbocycles. The van der Waals surface area contributed by atoms with Gasteiger partial charge in [0.1, 0.15) is 0 Å². The third-order valence-corrected chi connectivity index (χ3v) is 4.11. The first kappa shape index (κ1) is 15.9. The molecule has 0 aromatic rings. The van der Waals surface area contributed by atoms with Gasteiger partial charge in [-0.1, -0.05) is 34.1 Å². The van der Waals surface area contributed by atoms with Crippen LogP contribution in [-0.4, -0.2) is 36.6 Å². The quantitative estimate of drug-likeness (QED) is 0.686. The summed E-state index contributed by atoms with van der Waals surface area (Å²) in [6.07, 6.45) is 2.53. The lowest BCUT2D eigenvalue weighted by atomic mass is 9.85. The van der Waals surface area contributed by atoms with Crippen molar-refractivity contribution in [2.75, 3.05) is 20.1 Å². The number of rotatable bonds is 8. The Kier molecular flexibility index (Phi) is 7.25. The van der Waals surface area contributed by atoms with Crippen molar-refractivity contribution in [2.45, 2.75) is 66.0 Å². The lowest BCUT2D eigenvalue weighted by Crippen LogP contribution is -2.57. The summed E-state index contributed by atoms with van der Waals surface area (Å²) >= 11 is 0. The van der Waals surface area contributed by atoms with Crippen molar-refractivity contribution in [3.63, 3.8) is 0 Å². The van der Waals surface area contributed by atoms with Crippen molar-refractivity contribution in [2.24, 2.45) is 5.92 Å². The van der Waals surface area contributed by atoms with Gasteiger partial charge in [0, 0.05) is 11.6 Å². The summed E-state index contributed by atoms with van der Waals surface area (Å²) in [6, 6.07) is 0.572. The highest BCUT2D eigenvalue weighted by Crippen LogP contribution is 2.24. The van der Waals surface area contributed by atoms with Gasteiger partial charge in [0.15, 0.2) is 0 Å². The summed E-state index contributed by atoms with van der Waals surface area (Å²) in [5.74, 6) is 0.798. The van der Waals surface area contributed by atoms with Crippen molar-refractivity contribution >= 4 is 0 Å². The van der Waals surface area contributed by atoms with E-state index >= 15 is 0 Å².